The molecule has 0 bridgehead atoms. The van der Waals surface area contributed by atoms with E-state index in [-0.39, 0.29) is 36.2 Å². The average Bonchev–Trinajstić information content (AvgIpc) is 2.70. The Labute approximate surface area is 175 Å². The normalized spacial score (nSPS) is 17.1. The lowest BCUT2D eigenvalue weighted by Gasteiger charge is -2.40. The fourth-order valence-electron chi connectivity index (χ4n) is 3.81. The van der Waals surface area contributed by atoms with E-state index in [4.69, 9.17) is 4.74 Å². The van der Waals surface area contributed by atoms with E-state index >= 15 is 0 Å². The predicted octanol–water partition coefficient (Wildman–Crippen LogP) is 3.37. The molecule has 0 atom stereocenters. The number of benzene rings is 2. The predicted molar refractivity (Wildman–Crippen MR) is 113 cm³/mol. The Hall–Kier alpha value is -2.77. The van der Waals surface area contributed by atoms with Crippen molar-refractivity contribution in [3.63, 3.8) is 0 Å². The first-order valence-electron chi connectivity index (χ1n) is 9.45. The van der Waals surface area contributed by atoms with Crippen LogP contribution in [0.3, 0.4) is 0 Å². The van der Waals surface area contributed by atoms with Crippen LogP contribution >= 0.6 is 12.4 Å². The molecule has 0 aromatic heterocycles. The Morgan fingerprint density at radius 2 is 1.79 bits per heavy atom. The monoisotopic (exact) mass is 417 g/mol. The van der Waals surface area contributed by atoms with Crippen molar-refractivity contribution >= 4 is 35.8 Å². The van der Waals surface area contributed by atoms with E-state index < -0.39 is 0 Å². The van der Waals surface area contributed by atoms with Gasteiger partial charge in [0.15, 0.2) is 0 Å². The first-order chi connectivity index (χ1) is 13.6. The molecule has 0 saturated carbocycles. The van der Waals surface area contributed by atoms with Crippen molar-refractivity contribution < 1.29 is 19.4 Å². The lowest BCUT2D eigenvalue weighted by atomic mass is 10.0. The summed E-state index contributed by atoms with van der Waals surface area (Å²) < 4.78 is 5.33. The van der Waals surface area contributed by atoms with Crippen LogP contribution in [-0.4, -0.2) is 47.7 Å². The zero-order valence-electron chi connectivity index (χ0n) is 15.9. The van der Waals surface area contributed by atoms with Crippen LogP contribution in [0.4, 0.5) is 16.2 Å². The van der Waals surface area contributed by atoms with Gasteiger partial charge in [-0.3, -0.25) is 14.6 Å². The number of hydrogen-bond donors (Lipinski definition) is 2. The summed E-state index contributed by atoms with van der Waals surface area (Å²) in [5.41, 5.74) is 2.62. The lowest BCUT2D eigenvalue weighted by Crippen LogP contribution is -2.50. The van der Waals surface area contributed by atoms with Gasteiger partial charge in [0.25, 0.3) is 0 Å². The summed E-state index contributed by atoms with van der Waals surface area (Å²) >= 11 is 0. The molecule has 1 saturated heterocycles. The molecule has 154 valence electrons. The smallest absolute Gasteiger partial charge is 0.414 e. The zero-order chi connectivity index (χ0) is 19.5. The summed E-state index contributed by atoms with van der Waals surface area (Å²) in [5.74, 6) is 0.0738. The third-order valence-electron chi connectivity index (χ3n) is 5.24. The molecule has 0 spiro atoms. The van der Waals surface area contributed by atoms with Crippen LogP contribution in [0.2, 0.25) is 0 Å². The van der Waals surface area contributed by atoms with E-state index in [1.807, 2.05) is 24.3 Å². The molecule has 0 unspecified atom stereocenters. The van der Waals surface area contributed by atoms with Gasteiger partial charge in [-0.15, -0.1) is 12.4 Å². The molecule has 2 N–H and O–H groups in total. The maximum atomic E-state index is 12.4. The zero-order valence-corrected chi connectivity index (χ0v) is 16.7. The number of fused-ring (bicyclic) bond motifs is 1. The van der Waals surface area contributed by atoms with Gasteiger partial charge in [-0.1, -0.05) is 18.2 Å². The van der Waals surface area contributed by atoms with Crippen LogP contribution in [0.25, 0.3) is 0 Å². The maximum Gasteiger partial charge on any atom is 0.414 e. The molecule has 2 aromatic rings. The Bertz CT molecular complexity index is 866. The van der Waals surface area contributed by atoms with E-state index in [0.717, 1.165) is 37.2 Å². The summed E-state index contributed by atoms with van der Waals surface area (Å²) in [6.07, 6.45) is 1.29. The number of cyclic esters (lactones) is 1. The molecule has 2 aliphatic heterocycles. The molecule has 4 rings (SSSR count). The van der Waals surface area contributed by atoms with E-state index in [9.17, 15) is 14.7 Å². The minimum Gasteiger partial charge on any atom is -0.508 e. The van der Waals surface area contributed by atoms with Crippen molar-refractivity contribution in [3.05, 3.63) is 54.1 Å². The molecule has 2 amide bonds. The number of hydrogen-bond acceptors (Lipinski definition) is 5. The number of carbonyl (C=O) groups excluding carboxylic acids is 2. The van der Waals surface area contributed by atoms with E-state index in [1.165, 1.54) is 12.1 Å². The Kier molecular flexibility index (Phi) is 6.61. The second-order valence-corrected chi connectivity index (χ2v) is 7.16. The van der Waals surface area contributed by atoms with Crippen LogP contribution < -0.4 is 10.2 Å². The Balaban J connectivity index is 0.00000240. The molecule has 2 heterocycles. The van der Waals surface area contributed by atoms with Gasteiger partial charge in [0.05, 0.1) is 12.2 Å². The van der Waals surface area contributed by atoms with Crippen LogP contribution in [-0.2, 0) is 16.1 Å². The number of aromatic hydroxyl groups is 1. The number of anilines is 2. The van der Waals surface area contributed by atoms with E-state index in [2.05, 4.69) is 10.2 Å². The molecule has 0 radical (unpaired) electrons. The largest absolute Gasteiger partial charge is 0.508 e. The van der Waals surface area contributed by atoms with Crippen LogP contribution in [0.1, 0.15) is 18.4 Å². The topological polar surface area (TPSA) is 82.1 Å². The summed E-state index contributed by atoms with van der Waals surface area (Å²) in [6.45, 7) is 2.09. The van der Waals surface area contributed by atoms with Crippen molar-refractivity contribution in [2.45, 2.75) is 25.5 Å². The molecule has 8 heteroatoms. The van der Waals surface area contributed by atoms with Gasteiger partial charge in [-0.25, -0.2) is 4.79 Å². The summed E-state index contributed by atoms with van der Waals surface area (Å²) in [4.78, 5) is 28.5. The number of likely N-dealkylation sites (tertiary alicyclic amines) is 1. The maximum absolute atomic E-state index is 12.4. The lowest BCUT2D eigenvalue weighted by molar-refractivity contribution is -0.117. The van der Waals surface area contributed by atoms with Crippen molar-refractivity contribution in [1.82, 2.24) is 4.90 Å². The fraction of sp³-hybridized carbons (Fsp3) is 0.333. The SMILES string of the molecule is Cl.O=C(CN1CCC(N2C(=O)OCc3ccccc32)CC1)Nc1ccc(O)cc1. The summed E-state index contributed by atoms with van der Waals surface area (Å²) in [7, 11) is 0. The standard InChI is InChI=1S/C21H23N3O4.ClH/c25-18-7-5-16(6-8-18)22-20(26)13-23-11-9-17(10-12-23)24-19-4-2-1-3-15(19)14-28-21(24)27;/h1-8,17,25H,9-14H2,(H,22,26);1H. The quantitative estimate of drug-likeness (QED) is 0.745. The number of halogens is 1. The average molecular weight is 418 g/mol. The van der Waals surface area contributed by atoms with Gasteiger partial charge in [-0.2, -0.15) is 0 Å². The number of nitrogens with one attached hydrogen (secondary N) is 1. The van der Waals surface area contributed by atoms with E-state index in [0.29, 0.717) is 18.8 Å². The molecule has 0 aliphatic carbocycles. The highest BCUT2D eigenvalue weighted by molar-refractivity contribution is 5.92. The fourth-order valence-corrected chi connectivity index (χ4v) is 3.81. The van der Waals surface area contributed by atoms with Crippen molar-refractivity contribution in [3.8, 4) is 5.75 Å². The third-order valence-corrected chi connectivity index (χ3v) is 5.24. The van der Waals surface area contributed by atoms with Gasteiger partial charge in [-0.05, 0) is 43.2 Å². The number of nitrogens with zero attached hydrogens (tertiary/aromatic N) is 2. The third kappa shape index (κ3) is 4.81. The Morgan fingerprint density at radius 3 is 2.52 bits per heavy atom. The second kappa shape index (κ2) is 9.15. The molecule has 1 fully saturated rings. The molecule has 2 aliphatic rings. The van der Waals surface area contributed by atoms with E-state index in [1.54, 1.807) is 17.0 Å². The summed E-state index contributed by atoms with van der Waals surface area (Å²) in [5, 5.41) is 12.1. The molecule has 29 heavy (non-hydrogen) atoms. The van der Waals surface area contributed by atoms with Gasteiger partial charge in [0.1, 0.15) is 12.4 Å². The highest BCUT2D eigenvalue weighted by atomic mass is 35.5. The number of carbonyl (C=O) groups is 2. The van der Waals surface area contributed by atoms with Crippen molar-refractivity contribution in [1.29, 1.82) is 0 Å². The molecular weight excluding hydrogens is 394 g/mol. The van der Waals surface area contributed by atoms with Gasteiger partial charge in [0.2, 0.25) is 5.91 Å². The van der Waals surface area contributed by atoms with Crippen LogP contribution in [0, 0.1) is 0 Å². The van der Waals surface area contributed by atoms with Gasteiger partial charge < -0.3 is 15.2 Å². The minimum atomic E-state index is -0.290. The Morgan fingerprint density at radius 1 is 1.10 bits per heavy atom. The highest BCUT2D eigenvalue weighted by Gasteiger charge is 2.34. The second-order valence-electron chi connectivity index (χ2n) is 7.16. The van der Waals surface area contributed by atoms with Crippen molar-refractivity contribution in [2.24, 2.45) is 0 Å². The first-order valence-corrected chi connectivity index (χ1v) is 9.45. The number of amides is 2. The van der Waals surface area contributed by atoms with Crippen LogP contribution in [0.5, 0.6) is 5.75 Å². The first kappa shape index (κ1) is 21.0. The number of phenolic OH excluding ortho intramolecular Hbond substituents is 1. The number of piperidine rings is 1. The number of ether oxygens (including phenoxy) is 1. The molecule has 2 aromatic carbocycles. The molecular formula is C21H24ClN3O4. The van der Waals surface area contributed by atoms with Gasteiger partial charge >= 0.3 is 6.09 Å². The minimum absolute atomic E-state index is 0. The summed E-state index contributed by atoms with van der Waals surface area (Å²) in [6, 6.07) is 14.3. The number of rotatable bonds is 4. The highest BCUT2D eigenvalue weighted by Crippen LogP contribution is 2.31. The van der Waals surface area contributed by atoms with Gasteiger partial charge in [0, 0.05) is 30.4 Å². The number of phenols is 1. The number of para-hydroxylation sites is 1. The molecule has 7 nitrogen and oxygen atoms in total. The van der Waals surface area contributed by atoms with Crippen LogP contribution in [0.15, 0.2) is 48.5 Å². The van der Waals surface area contributed by atoms with Crippen molar-refractivity contribution in [2.75, 3.05) is 29.9 Å².